The maximum absolute atomic E-state index is 5.65. The van der Waals surface area contributed by atoms with Crippen molar-refractivity contribution in [3.8, 4) is 0 Å². The van der Waals surface area contributed by atoms with Crippen molar-refractivity contribution in [1.82, 2.24) is 0 Å². The fourth-order valence-corrected chi connectivity index (χ4v) is 1.52. The lowest BCUT2D eigenvalue weighted by molar-refractivity contribution is -0.0375. The van der Waals surface area contributed by atoms with Gasteiger partial charge in [0.1, 0.15) is 0 Å². The van der Waals surface area contributed by atoms with Gasteiger partial charge in [-0.05, 0) is 19.8 Å². The van der Waals surface area contributed by atoms with Gasteiger partial charge in [0, 0.05) is 5.92 Å². The molecular formula is C10H16O. The molecule has 0 aromatic carbocycles. The van der Waals surface area contributed by atoms with Crippen LogP contribution >= 0.6 is 0 Å². The predicted octanol–water partition coefficient (Wildman–Crippen LogP) is 2.54. The molecule has 3 atom stereocenters. The molecule has 1 rings (SSSR count). The third-order valence-electron chi connectivity index (χ3n) is 2.34. The van der Waals surface area contributed by atoms with Gasteiger partial charge < -0.3 is 4.74 Å². The van der Waals surface area contributed by atoms with E-state index in [0.29, 0.717) is 12.0 Å². The first-order valence-electron chi connectivity index (χ1n) is 4.18. The van der Waals surface area contributed by atoms with E-state index in [1.165, 1.54) is 6.42 Å². The Morgan fingerprint density at radius 2 is 2.00 bits per heavy atom. The lowest BCUT2D eigenvalue weighted by Crippen LogP contribution is -2.30. The van der Waals surface area contributed by atoms with E-state index in [0.717, 1.165) is 6.42 Å². The smallest absolute Gasteiger partial charge is 0.0757 e. The van der Waals surface area contributed by atoms with E-state index < -0.39 is 0 Å². The second kappa shape index (κ2) is 3.72. The molecule has 0 N–H and O–H groups in total. The standard InChI is InChI=1S/C10H16O/c1-4-9-6-7-10(5-2)11-8(9)3/h4-5,8-10H,1-2,6-7H2,3H3. The lowest BCUT2D eigenvalue weighted by Gasteiger charge is -2.31. The fourth-order valence-electron chi connectivity index (χ4n) is 1.52. The number of ether oxygens (including phenoxy) is 1. The van der Waals surface area contributed by atoms with E-state index in [2.05, 4.69) is 20.1 Å². The zero-order valence-corrected chi connectivity index (χ0v) is 7.12. The molecule has 0 radical (unpaired) electrons. The van der Waals surface area contributed by atoms with Crippen molar-refractivity contribution >= 4 is 0 Å². The molecule has 0 aliphatic carbocycles. The van der Waals surface area contributed by atoms with Gasteiger partial charge in [-0.25, -0.2) is 0 Å². The molecule has 11 heavy (non-hydrogen) atoms. The molecule has 0 spiro atoms. The molecule has 0 aromatic rings. The van der Waals surface area contributed by atoms with Crippen LogP contribution in [-0.2, 0) is 4.74 Å². The van der Waals surface area contributed by atoms with Crippen LogP contribution in [0.15, 0.2) is 25.3 Å². The average Bonchev–Trinajstić information content (AvgIpc) is 2.04. The van der Waals surface area contributed by atoms with Gasteiger partial charge >= 0.3 is 0 Å². The Balaban J connectivity index is 2.46. The third-order valence-corrected chi connectivity index (χ3v) is 2.34. The Morgan fingerprint density at radius 3 is 2.45 bits per heavy atom. The molecule has 0 amide bonds. The van der Waals surface area contributed by atoms with Crippen LogP contribution < -0.4 is 0 Å². The molecule has 0 saturated carbocycles. The van der Waals surface area contributed by atoms with Gasteiger partial charge in [-0.1, -0.05) is 12.2 Å². The summed E-state index contributed by atoms with van der Waals surface area (Å²) >= 11 is 0. The van der Waals surface area contributed by atoms with E-state index in [1.54, 1.807) is 0 Å². The molecule has 1 saturated heterocycles. The second-order valence-electron chi connectivity index (χ2n) is 3.09. The summed E-state index contributed by atoms with van der Waals surface area (Å²) in [5.41, 5.74) is 0. The summed E-state index contributed by atoms with van der Waals surface area (Å²) in [5.74, 6) is 0.534. The maximum atomic E-state index is 5.65. The van der Waals surface area contributed by atoms with Crippen LogP contribution in [0, 0.1) is 5.92 Å². The van der Waals surface area contributed by atoms with Gasteiger partial charge in [0.2, 0.25) is 0 Å². The minimum absolute atomic E-state index is 0.265. The Bertz CT molecular complexity index is 151. The van der Waals surface area contributed by atoms with Crippen molar-refractivity contribution < 1.29 is 4.74 Å². The van der Waals surface area contributed by atoms with E-state index in [-0.39, 0.29) is 6.10 Å². The molecule has 0 bridgehead atoms. The molecule has 62 valence electrons. The highest BCUT2D eigenvalue weighted by molar-refractivity contribution is 4.92. The second-order valence-corrected chi connectivity index (χ2v) is 3.09. The minimum Gasteiger partial charge on any atom is -0.371 e. The van der Waals surface area contributed by atoms with E-state index in [9.17, 15) is 0 Å². The van der Waals surface area contributed by atoms with Crippen LogP contribution in [0.1, 0.15) is 19.8 Å². The highest BCUT2D eigenvalue weighted by Gasteiger charge is 2.23. The molecule has 1 nitrogen and oxygen atoms in total. The fraction of sp³-hybridized carbons (Fsp3) is 0.600. The number of rotatable bonds is 2. The first kappa shape index (κ1) is 8.54. The number of hydrogen-bond donors (Lipinski definition) is 0. The summed E-state index contributed by atoms with van der Waals surface area (Å²) in [5, 5.41) is 0. The molecule has 0 aromatic heterocycles. The van der Waals surface area contributed by atoms with Gasteiger partial charge in [-0.3, -0.25) is 0 Å². The van der Waals surface area contributed by atoms with E-state index in [4.69, 9.17) is 4.74 Å². The van der Waals surface area contributed by atoms with Crippen LogP contribution in [0.25, 0.3) is 0 Å². The number of hydrogen-bond acceptors (Lipinski definition) is 1. The first-order valence-corrected chi connectivity index (χ1v) is 4.18. The van der Waals surface area contributed by atoms with Gasteiger partial charge in [0.25, 0.3) is 0 Å². The van der Waals surface area contributed by atoms with Crippen LogP contribution in [0.3, 0.4) is 0 Å². The molecular weight excluding hydrogens is 136 g/mol. The van der Waals surface area contributed by atoms with Gasteiger partial charge in [-0.2, -0.15) is 0 Å². The summed E-state index contributed by atoms with van der Waals surface area (Å²) in [6.45, 7) is 9.60. The topological polar surface area (TPSA) is 9.23 Å². The molecule has 1 fully saturated rings. The SMILES string of the molecule is C=CC1CCC(C=C)C(C)O1. The largest absolute Gasteiger partial charge is 0.371 e. The van der Waals surface area contributed by atoms with Gasteiger partial charge in [0.05, 0.1) is 12.2 Å². The van der Waals surface area contributed by atoms with Crippen LogP contribution in [0.5, 0.6) is 0 Å². The zero-order valence-electron chi connectivity index (χ0n) is 7.12. The zero-order chi connectivity index (χ0) is 8.27. The Hall–Kier alpha value is -0.560. The van der Waals surface area contributed by atoms with E-state index >= 15 is 0 Å². The lowest BCUT2D eigenvalue weighted by atomic mass is 9.93. The highest BCUT2D eigenvalue weighted by atomic mass is 16.5. The highest BCUT2D eigenvalue weighted by Crippen LogP contribution is 2.25. The van der Waals surface area contributed by atoms with Crippen molar-refractivity contribution in [3.63, 3.8) is 0 Å². The van der Waals surface area contributed by atoms with Crippen molar-refractivity contribution in [2.75, 3.05) is 0 Å². The normalized spacial score (nSPS) is 38.1. The Labute approximate surface area is 68.8 Å². The van der Waals surface area contributed by atoms with Crippen LogP contribution in [0.4, 0.5) is 0 Å². The predicted molar refractivity (Wildman–Crippen MR) is 47.5 cm³/mol. The summed E-state index contributed by atoms with van der Waals surface area (Å²) in [6.07, 6.45) is 6.72. The van der Waals surface area contributed by atoms with Crippen LogP contribution in [-0.4, -0.2) is 12.2 Å². The molecule has 3 unspecified atom stereocenters. The summed E-state index contributed by atoms with van der Waals surface area (Å²) in [4.78, 5) is 0. The van der Waals surface area contributed by atoms with Crippen molar-refractivity contribution in [2.24, 2.45) is 5.92 Å². The van der Waals surface area contributed by atoms with Gasteiger partial charge in [-0.15, -0.1) is 13.2 Å². The van der Waals surface area contributed by atoms with Crippen molar-refractivity contribution in [1.29, 1.82) is 0 Å². The monoisotopic (exact) mass is 152 g/mol. The first-order chi connectivity index (χ1) is 5.27. The van der Waals surface area contributed by atoms with Crippen molar-refractivity contribution in [3.05, 3.63) is 25.3 Å². The maximum Gasteiger partial charge on any atom is 0.0757 e. The summed E-state index contributed by atoms with van der Waals surface area (Å²) in [7, 11) is 0. The summed E-state index contributed by atoms with van der Waals surface area (Å²) in [6, 6.07) is 0. The van der Waals surface area contributed by atoms with Gasteiger partial charge in [0.15, 0.2) is 0 Å². The Morgan fingerprint density at radius 1 is 1.27 bits per heavy atom. The van der Waals surface area contributed by atoms with Crippen LogP contribution in [0.2, 0.25) is 0 Å². The van der Waals surface area contributed by atoms with E-state index in [1.807, 2.05) is 12.2 Å². The molecule has 1 heteroatoms. The molecule has 1 aliphatic rings. The van der Waals surface area contributed by atoms with Crippen molar-refractivity contribution in [2.45, 2.75) is 32.0 Å². The average molecular weight is 152 g/mol. The molecule has 1 aliphatic heterocycles. The quantitative estimate of drug-likeness (QED) is 0.552. The minimum atomic E-state index is 0.265. The summed E-state index contributed by atoms with van der Waals surface area (Å²) < 4.78 is 5.65. The molecule has 1 heterocycles. The third kappa shape index (κ3) is 1.93. The Kier molecular flexibility index (Phi) is 2.89.